The Balaban J connectivity index is 2.44. The van der Waals surface area contributed by atoms with Gasteiger partial charge in [0.1, 0.15) is 0 Å². The summed E-state index contributed by atoms with van der Waals surface area (Å²) in [4.78, 5) is 4.12. The molecular formula is C10H12BrN5. The Bertz CT molecular complexity index is 494. The second-order valence-electron chi connectivity index (χ2n) is 3.19. The second kappa shape index (κ2) is 4.52. The van der Waals surface area contributed by atoms with Crippen molar-refractivity contribution < 1.29 is 0 Å². The van der Waals surface area contributed by atoms with Gasteiger partial charge in [-0.1, -0.05) is 12.1 Å². The maximum Gasteiger partial charge on any atom is 0.244 e. The van der Waals surface area contributed by atoms with Crippen LogP contribution < -0.4 is 11.1 Å². The van der Waals surface area contributed by atoms with Crippen molar-refractivity contribution in [2.75, 3.05) is 17.6 Å². The second-order valence-corrected chi connectivity index (χ2v) is 4.04. The lowest BCUT2D eigenvalue weighted by atomic mass is 10.3. The summed E-state index contributed by atoms with van der Waals surface area (Å²) in [5.41, 5.74) is 6.67. The molecule has 0 saturated heterocycles. The Morgan fingerprint density at radius 3 is 2.88 bits per heavy atom. The summed E-state index contributed by atoms with van der Waals surface area (Å²) in [6, 6.07) is 7.72. The molecule has 6 heteroatoms. The average molecular weight is 282 g/mol. The molecule has 16 heavy (non-hydrogen) atoms. The maximum absolute atomic E-state index is 5.80. The van der Waals surface area contributed by atoms with Crippen LogP contribution >= 0.6 is 15.9 Å². The number of hydrogen-bond acceptors (Lipinski definition) is 4. The van der Waals surface area contributed by atoms with Gasteiger partial charge in [-0.05, 0) is 35.0 Å². The highest BCUT2D eigenvalue weighted by Crippen LogP contribution is 2.22. The Hall–Kier alpha value is -1.56. The molecule has 0 aliphatic heterocycles. The number of rotatable bonds is 3. The predicted octanol–water partition coefficient (Wildman–Crippen LogP) is 2.04. The van der Waals surface area contributed by atoms with Gasteiger partial charge in [0.2, 0.25) is 11.9 Å². The van der Waals surface area contributed by atoms with E-state index in [1.54, 1.807) is 4.68 Å². The Morgan fingerprint density at radius 2 is 2.19 bits per heavy atom. The van der Waals surface area contributed by atoms with Crippen LogP contribution in [0.1, 0.15) is 6.92 Å². The summed E-state index contributed by atoms with van der Waals surface area (Å²) in [5, 5.41) is 7.29. The van der Waals surface area contributed by atoms with E-state index in [4.69, 9.17) is 5.73 Å². The molecule has 0 amide bonds. The predicted molar refractivity (Wildman–Crippen MR) is 67.6 cm³/mol. The maximum atomic E-state index is 5.80. The average Bonchev–Trinajstić information content (AvgIpc) is 2.61. The van der Waals surface area contributed by atoms with Gasteiger partial charge in [-0.15, -0.1) is 5.10 Å². The molecule has 84 valence electrons. The molecule has 0 unspecified atom stereocenters. The van der Waals surface area contributed by atoms with Gasteiger partial charge in [0, 0.05) is 11.0 Å². The van der Waals surface area contributed by atoms with E-state index >= 15 is 0 Å². The number of nitrogens with two attached hydrogens (primary N) is 1. The highest BCUT2D eigenvalue weighted by molar-refractivity contribution is 9.10. The number of benzene rings is 1. The highest BCUT2D eigenvalue weighted by atomic mass is 79.9. The van der Waals surface area contributed by atoms with Gasteiger partial charge in [-0.2, -0.15) is 9.67 Å². The van der Waals surface area contributed by atoms with Crippen molar-refractivity contribution in [3.8, 4) is 5.69 Å². The molecule has 0 fully saturated rings. The standard InChI is InChI=1S/C10H12BrN5/c1-2-13-10-14-9(12)16(15-10)8-6-4-3-5-7(8)11/h3-6H,2H2,1H3,(H3,12,13,14,15). The lowest BCUT2D eigenvalue weighted by Crippen LogP contribution is -2.03. The summed E-state index contributed by atoms with van der Waals surface area (Å²) in [7, 11) is 0. The number of anilines is 2. The SMILES string of the molecule is CCNc1nc(N)n(-c2ccccc2Br)n1. The Kier molecular flexibility index (Phi) is 3.09. The summed E-state index contributed by atoms with van der Waals surface area (Å²) >= 11 is 3.45. The third-order valence-corrected chi connectivity index (χ3v) is 2.72. The summed E-state index contributed by atoms with van der Waals surface area (Å²) < 4.78 is 2.52. The lowest BCUT2D eigenvalue weighted by Gasteiger charge is -2.04. The van der Waals surface area contributed by atoms with Gasteiger partial charge in [0.05, 0.1) is 5.69 Å². The minimum Gasteiger partial charge on any atom is -0.368 e. The molecule has 1 aromatic carbocycles. The first-order valence-electron chi connectivity index (χ1n) is 4.93. The van der Waals surface area contributed by atoms with Gasteiger partial charge >= 0.3 is 0 Å². The van der Waals surface area contributed by atoms with Crippen LogP contribution in [0.25, 0.3) is 5.69 Å². The van der Waals surface area contributed by atoms with Gasteiger partial charge in [-0.3, -0.25) is 0 Å². The molecule has 0 aliphatic rings. The van der Waals surface area contributed by atoms with Crippen molar-refractivity contribution in [2.24, 2.45) is 0 Å². The minimum atomic E-state index is 0.364. The number of nitrogens with one attached hydrogen (secondary N) is 1. The van der Waals surface area contributed by atoms with Crippen molar-refractivity contribution >= 4 is 27.8 Å². The van der Waals surface area contributed by atoms with Crippen molar-refractivity contribution in [3.63, 3.8) is 0 Å². The van der Waals surface area contributed by atoms with E-state index in [9.17, 15) is 0 Å². The first-order chi connectivity index (χ1) is 7.72. The zero-order chi connectivity index (χ0) is 11.5. The van der Waals surface area contributed by atoms with E-state index in [1.807, 2.05) is 31.2 Å². The molecule has 3 N–H and O–H groups in total. The monoisotopic (exact) mass is 281 g/mol. The molecule has 1 heterocycles. The van der Waals surface area contributed by atoms with Gasteiger partial charge in [0.15, 0.2) is 0 Å². The molecule has 0 atom stereocenters. The largest absolute Gasteiger partial charge is 0.368 e. The van der Waals surface area contributed by atoms with Crippen LogP contribution in [0.4, 0.5) is 11.9 Å². The number of nitrogens with zero attached hydrogens (tertiary/aromatic N) is 3. The third kappa shape index (κ3) is 2.01. The van der Waals surface area contributed by atoms with E-state index in [0.717, 1.165) is 16.7 Å². The highest BCUT2D eigenvalue weighted by Gasteiger charge is 2.09. The quantitative estimate of drug-likeness (QED) is 0.904. The minimum absolute atomic E-state index is 0.364. The molecule has 0 aliphatic carbocycles. The van der Waals surface area contributed by atoms with Crippen LogP contribution in [-0.4, -0.2) is 21.3 Å². The number of para-hydroxylation sites is 1. The lowest BCUT2D eigenvalue weighted by molar-refractivity contribution is 0.885. The first kappa shape index (κ1) is 10.9. The van der Waals surface area contributed by atoms with Crippen LogP contribution in [-0.2, 0) is 0 Å². The Morgan fingerprint density at radius 1 is 1.44 bits per heavy atom. The molecule has 0 spiro atoms. The summed E-state index contributed by atoms with van der Waals surface area (Å²) in [6.07, 6.45) is 0. The summed E-state index contributed by atoms with van der Waals surface area (Å²) in [6.45, 7) is 2.74. The Labute approximate surface area is 102 Å². The molecule has 2 aromatic rings. The van der Waals surface area contributed by atoms with E-state index < -0.39 is 0 Å². The van der Waals surface area contributed by atoms with Crippen LogP contribution in [0.3, 0.4) is 0 Å². The molecule has 0 saturated carbocycles. The van der Waals surface area contributed by atoms with E-state index in [2.05, 4.69) is 31.3 Å². The molecule has 1 aromatic heterocycles. The van der Waals surface area contributed by atoms with Crippen molar-refractivity contribution in [3.05, 3.63) is 28.7 Å². The molecule has 2 rings (SSSR count). The molecular weight excluding hydrogens is 270 g/mol. The smallest absolute Gasteiger partial charge is 0.244 e. The van der Waals surface area contributed by atoms with Crippen molar-refractivity contribution in [1.29, 1.82) is 0 Å². The van der Waals surface area contributed by atoms with Gasteiger partial charge in [-0.25, -0.2) is 0 Å². The van der Waals surface area contributed by atoms with Crippen molar-refractivity contribution in [1.82, 2.24) is 14.8 Å². The fourth-order valence-corrected chi connectivity index (χ4v) is 1.81. The molecule has 5 nitrogen and oxygen atoms in total. The van der Waals surface area contributed by atoms with Gasteiger partial charge < -0.3 is 11.1 Å². The van der Waals surface area contributed by atoms with Gasteiger partial charge in [0.25, 0.3) is 0 Å². The van der Waals surface area contributed by atoms with E-state index in [0.29, 0.717) is 11.9 Å². The first-order valence-corrected chi connectivity index (χ1v) is 5.73. The molecule has 0 bridgehead atoms. The zero-order valence-corrected chi connectivity index (χ0v) is 10.4. The summed E-state index contributed by atoms with van der Waals surface area (Å²) in [5.74, 6) is 0.901. The van der Waals surface area contributed by atoms with Crippen molar-refractivity contribution in [2.45, 2.75) is 6.92 Å². The molecule has 0 radical (unpaired) electrons. The topological polar surface area (TPSA) is 68.8 Å². The zero-order valence-electron chi connectivity index (χ0n) is 8.81. The van der Waals surface area contributed by atoms with Crippen LogP contribution in [0, 0.1) is 0 Å². The van der Waals surface area contributed by atoms with Crippen LogP contribution in [0.15, 0.2) is 28.7 Å². The fraction of sp³-hybridized carbons (Fsp3) is 0.200. The van der Waals surface area contributed by atoms with Crippen LogP contribution in [0.2, 0.25) is 0 Å². The third-order valence-electron chi connectivity index (χ3n) is 2.05. The van der Waals surface area contributed by atoms with E-state index in [1.165, 1.54) is 0 Å². The number of aromatic nitrogens is 3. The van der Waals surface area contributed by atoms with E-state index in [-0.39, 0.29) is 0 Å². The number of nitrogen functional groups attached to an aromatic ring is 1. The fourth-order valence-electron chi connectivity index (χ4n) is 1.36. The van der Waals surface area contributed by atoms with Crippen LogP contribution in [0.5, 0.6) is 0 Å². The number of halogens is 1. The normalized spacial score (nSPS) is 10.4. The number of hydrogen-bond donors (Lipinski definition) is 2.